The van der Waals surface area contributed by atoms with Crippen molar-refractivity contribution >= 4 is 50.0 Å². The first-order valence-electron chi connectivity index (χ1n) is 7.99. The SMILES string of the molecule is O=S(=O)(Nc1ccc(-c2csc(-c3nnc(CCC(F)(F)F)s3)n2)c(Cl)c1)C(F)(F)F. The van der Waals surface area contributed by atoms with Gasteiger partial charge in [0.2, 0.25) is 0 Å². The fraction of sp³-hybridized carbons (Fsp3) is 0.267. The number of rotatable bonds is 6. The largest absolute Gasteiger partial charge is 0.516 e. The molecule has 2 heterocycles. The van der Waals surface area contributed by atoms with E-state index >= 15 is 0 Å². The van der Waals surface area contributed by atoms with Crippen LogP contribution in [0.2, 0.25) is 5.02 Å². The molecular formula is C15H9ClF6N4O2S3. The van der Waals surface area contributed by atoms with E-state index in [1.54, 1.807) is 5.38 Å². The first-order chi connectivity index (χ1) is 14.2. The van der Waals surface area contributed by atoms with Crippen molar-refractivity contribution in [3.05, 3.63) is 33.6 Å². The van der Waals surface area contributed by atoms with Gasteiger partial charge in [0.1, 0.15) is 5.01 Å². The molecule has 0 spiro atoms. The molecule has 0 bridgehead atoms. The van der Waals surface area contributed by atoms with E-state index in [9.17, 15) is 34.8 Å². The number of alkyl halides is 6. The van der Waals surface area contributed by atoms with Crippen LogP contribution < -0.4 is 4.72 Å². The smallest absolute Gasteiger partial charge is 0.276 e. The molecule has 1 N–H and O–H groups in total. The van der Waals surface area contributed by atoms with Crippen LogP contribution in [0.1, 0.15) is 11.4 Å². The van der Waals surface area contributed by atoms with Crippen LogP contribution in [0.5, 0.6) is 0 Å². The lowest BCUT2D eigenvalue weighted by Crippen LogP contribution is -2.29. The van der Waals surface area contributed by atoms with E-state index < -0.39 is 28.1 Å². The number of hydrogen-bond donors (Lipinski definition) is 1. The lowest BCUT2D eigenvalue weighted by Gasteiger charge is -2.11. The van der Waals surface area contributed by atoms with E-state index in [0.29, 0.717) is 21.3 Å². The summed E-state index contributed by atoms with van der Waals surface area (Å²) in [5.41, 5.74) is -5.24. The minimum absolute atomic E-state index is 0.0673. The zero-order valence-electron chi connectivity index (χ0n) is 14.8. The minimum Gasteiger partial charge on any atom is -0.276 e. The van der Waals surface area contributed by atoms with Crippen LogP contribution in [-0.4, -0.2) is 35.3 Å². The third-order valence-corrected chi connectivity index (χ3v) is 6.97. The first kappa shape index (κ1) is 23.7. The molecular weight excluding hydrogens is 514 g/mol. The molecule has 2 aromatic heterocycles. The van der Waals surface area contributed by atoms with Gasteiger partial charge in [-0.3, -0.25) is 4.72 Å². The van der Waals surface area contributed by atoms with Gasteiger partial charge in [0.15, 0.2) is 10.0 Å². The molecule has 3 aromatic rings. The summed E-state index contributed by atoms with van der Waals surface area (Å²) in [6.45, 7) is 0. The van der Waals surface area contributed by atoms with Gasteiger partial charge in [-0.25, -0.2) is 4.98 Å². The lowest BCUT2D eigenvalue weighted by atomic mass is 10.1. The highest BCUT2D eigenvalue weighted by Crippen LogP contribution is 2.36. The summed E-state index contributed by atoms with van der Waals surface area (Å²) in [6, 6.07) is 3.37. The quantitative estimate of drug-likeness (QED) is 0.417. The van der Waals surface area contributed by atoms with E-state index in [2.05, 4.69) is 15.2 Å². The molecule has 0 unspecified atom stereocenters. The molecule has 31 heavy (non-hydrogen) atoms. The van der Waals surface area contributed by atoms with Crippen LogP contribution in [0.3, 0.4) is 0 Å². The molecule has 0 amide bonds. The standard InChI is InChI=1S/C15H9ClF6N4O2S3/c16-9-5-7(26-31(27,28)15(20,21)22)1-2-8(9)10-6-29-12(23-10)13-25-24-11(30-13)3-4-14(17,18)19/h1-2,5-6,26H,3-4H2. The second-order valence-electron chi connectivity index (χ2n) is 5.90. The molecule has 0 aliphatic rings. The molecule has 3 rings (SSSR count). The maximum atomic E-state index is 12.5. The van der Waals surface area contributed by atoms with Gasteiger partial charge in [-0.2, -0.15) is 34.8 Å². The van der Waals surface area contributed by atoms with E-state index in [1.807, 2.05) is 0 Å². The number of anilines is 1. The molecule has 16 heteroatoms. The Labute approximate surface area is 184 Å². The molecule has 0 aliphatic carbocycles. The number of nitrogens with zero attached hydrogens (tertiary/aromatic N) is 3. The Balaban J connectivity index is 1.78. The average molecular weight is 523 g/mol. The molecule has 0 radical (unpaired) electrons. The van der Waals surface area contributed by atoms with E-state index in [1.165, 1.54) is 10.8 Å². The Morgan fingerprint density at radius 3 is 2.39 bits per heavy atom. The van der Waals surface area contributed by atoms with Crippen molar-refractivity contribution in [3.8, 4) is 21.3 Å². The number of aryl methyl sites for hydroxylation is 1. The van der Waals surface area contributed by atoms with Crippen molar-refractivity contribution in [2.45, 2.75) is 24.5 Å². The van der Waals surface area contributed by atoms with Crippen molar-refractivity contribution in [2.75, 3.05) is 4.72 Å². The van der Waals surface area contributed by atoms with Gasteiger partial charge < -0.3 is 0 Å². The summed E-state index contributed by atoms with van der Waals surface area (Å²) in [5.74, 6) is 0. The fourth-order valence-electron chi connectivity index (χ4n) is 2.18. The predicted octanol–water partition coefficient (Wildman–Crippen LogP) is 5.74. The van der Waals surface area contributed by atoms with Gasteiger partial charge in [0.25, 0.3) is 0 Å². The number of sulfonamides is 1. The van der Waals surface area contributed by atoms with Crippen molar-refractivity contribution in [1.29, 1.82) is 0 Å². The summed E-state index contributed by atoms with van der Waals surface area (Å²) in [6.07, 6.45) is -5.64. The maximum Gasteiger partial charge on any atom is 0.516 e. The Kier molecular flexibility index (Phi) is 6.51. The number of aromatic nitrogens is 3. The zero-order valence-corrected chi connectivity index (χ0v) is 18.0. The topological polar surface area (TPSA) is 84.8 Å². The van der Waals surface area contributed by atoms with Gasteiger partial charge in [-0.05, 0) is 18.2 Å². The molecule has 168 valence electrons. The maximum absolute atomic E-state index is 12.5. The molecule has 1 aromatic carbocycles. The fourth-order valence-corrected chi connectivity index (χ4v) is 4.70. The molecule has 6 nitrogen and oxygen atoms in total. The van der Waals surface area contributed by atoms with E-state index in [4.69, 9.17) is 11.6 Å². The minimum atomic E-state index is -5.60. The van der Waals surface area contributed by atoms with Gasteiger partial charge in [-0.1, -0.05) is 22.9 Å². The van der Waals surface area contributed by atoms with Crippen molar-refractivity contribution < 1.29 is 34.8 Å². The van der Waals surface area contributed by atoms with Crippen LogP contribution in [0.15, 0.2) is 23.6 Å². The number of thiazole rings is 1. The van der Waals surface area contributed by atoms with Crippen LogP contribution in [-0.2, 0) is 16.4 Å². The van der Waals surface area contributed by atoms with E-state index in [-0.39, 0.29) is 22.1 Å². The molecule has 0 saturated heterocycles. The zero-order chi connectivity index (χ0) is 23.0. The Hall–Kier alpha value is -1.97. The molecule has 0 fully saturated rings. The summed E-state index contributed by atoms with van der Waals surface area (Å²) >= 11 is 8.14. The van der Waals surface area contributed by atoms with Crippen LogP contribution in [0.4, 0.5) is 32.0 Å². The number of hydrogen-bond acceptors (Lipinski definition) is 7. The highest BCUT2D eigenvalue weighted by atomic mass is 35.5. The molecule has 0 atom stereocenters. The molecule has 0 saturated carbocycles. The van der Waals surface area contributed by atoms with E-state index in [0.717, 1.165) is 34.8 Å². The summed E-state index contributed by atoms with van der Waals surface area (Å²) in [4.78, 5) is 4.28. The lowest BCUT2D eigenvalue weighted by molar-refractivity contribution is -0.134. The number of halogens is 7. The highest BCUT2D eigenvalue weighted by Gasteiger charge is 2.46. The van der Waals surface area contributed by atoms with Crippen LogP contribution >= 0.6 is 34.3 Å². The summed E-state index contributed by atoms with van der Waals surface area (Å²) in [5, 5.41) is 9.90. The third kappa shape index (κ3) is 5.84. The van der Waals surface area contributed by atoms with Crippen molar-refractivity contribution in [2.24, 2.45) is 0 Å². The van der Waals surface area contributed by atoms with Crippen molar-refractivity contribution in [1.82, 2.24) is 15.2 Å². The Bertz CT molecular complexity index is 1190. The number of benzene rings is 1. The summed E-state index contributed by atoms with van der Waals surface area (Å²) in [7, 11) is -5.60. The predicted molar refractivity (Wildman–Crippen MR) is 104 cm³/mol. The third-order valence-electron chi connectivity index (χ3n) is 3.58. The van der Waals surface area contributed by atoms with Gasteiger partial charge in [-0.15, -0.1) is 21.5 Å². The van der Waals surface area contributed by atoms with Gasteiger partial charge in [0.05, 0.1) is 16.4 Å². The van der Waals surface area contributed by atoms with Crippen LogP contribution in [0, 0.1) is 0 Å². The number of nitrogens with one attached hydrogen (secondary N) is 1. The highest BCUT2D eigenvalue weighted by molar-refractivity contribution is 7.93. The second kappa shape index (κ2) is 8.52. The van der Waals surface area contributed by atoms with Crippen LogP contribution in [0.25, 0.3) is 21.3 Å². The van der Waals surface area contributed by atoms with Gasteiger partial charge in [0, 0.05) is 23.8 Å². The monoisotopic (exact) mass is 522 g/mol. The Morgan fingerprint density at radius 1 is 1.06 bits per heavy atom. The van der Waals surface area contributed by atoms with Gasteiger partial charge >= 0.3 is 21.7 Å². The summed E-state index contributed by atoms with van der Waals surface area (Å²) < 4.78 is 98.1. The second-order valence-corrected chi connectivity index (χ2v) is 9.90. The Morgan fingerprint density at radius 2 is 1.77 bits per heavy atom. The molecule has 0 aliphatic heterocycles. The average Bonchev–Trinajstić information content (AvgIpc) is 3.27. The van der Waals surface area contributed by atoms with Crippen molar-refractivity contribution in [3.63, 3.8) is 0 Å². The normalized spacial score (nSPS) is 12.9. The first-order valence-corrected chi connectivity index (χ1v) is 11.5.